The minimum absolute atomic E-state index is 0.155. The Balaban J connectivity index is 0.000000438. The Morgan fingerprint density at radius 2 is 1.42 bits per heavy atom. The van der Waals surface area contributed by atoms with Crippen LogP contribution in [-0.2, 0) is 25.6 Å². The van der Waals surface area contributed by atoms with Crippen LogP contribution in [0.4, 0.5) is 61.2 Å². The monoisotopic (exact) mass is 832 g/mol. The van der Waals surface area contributed by atoms with Crippen LogP contribution in [0.1, 0.15) is 18.4 Å². The van der Waals surface area contributed by atoms with Crippen LogP contribution >= 0.6 is 0 Å². The van der Waals surface area contributed by atoms with Gasteiger partial charge in [-0.1, -0.05) is 6.07 Å². The van der Waals surface area contributed by atoms with Gasteiger partial charge in [0.05, 0.1) is 23.0 Å². The second kappa shape index (κ2) is 20.3. The second-order valence-electron chi connectivity index (χ2n) is 11.9. The van der Waals surface area contributed by atoms with E-state index in [2.05, 4.69) is 25.1 Å². The van der Waals surface area contributed by atoms with Crippen molar-refractivity contribution in [3.63, 3.8) is 0 Å². The highest BCUT2D eigenvalue weighted by atomic mass is 19.4. The smallest absolute Gasteiger partial charge is 0.490 e. The van der Waals surface area contributed by atoms with Crippen molar-refractivity contribution in [2.45, 2.75) is 37.8 Å². The number of nitrogens with one attached hydrogen (secondary N) is 1. The average Bonchev–Trinajstić information content (AvgIpc) is 3.64. The molecule has 1 fully saturated rings. The number of alkyl halides is 9. The molecule has 1 saturated heterocycles. The lowest BCUT2D eigenvalue weighted by molar-refractivity contribution is -0.193. The zero-order valence-corrected chi connectivity index (χ0v) is 29.4. The zero-order chi connectivity index (χ0) is 43.3. The van der Waals surface area contributed by atoms with Crippen LogP contribution in [0, 0.1) is 11.7 Å². The lowest BCUT2D eigenvalue weighted by Crippen LogP contribution is -2.34. The summed E-state index contributed by atoms with van der Waals surface area (Å²) in [6.45, 7) is 4.27. The molecule has 3 aromatic rings. The Bertz CT molecular complexity index is 1800. The van der Waals surface area contributed by atoms with E-state index < -0.39 is 42.4 Å². The first kappa shape index (κ1) is 47.2. The molecule has 1 unspecified atom stereocenters. The number of carboxylic acid groups (broad SMARTS) is 3. The number of amides is 1. The number of nitrogen functional groups attached to an aromatic ring is 1. The fourth-order valence-electron chi connectivity index (χ4n) is 4.83. The summed E-state index contributed by atoms with van der Waals surface area (Å²) in [6, 6.07) is 12.1. The largest absolute Gasteiger partial charge is 0.492 e. The molecule has 2 aliphatic rings. The van der Waals surface area contributed by atoms with Gasteiger partial charge in [0.25, 0.3) is 0 Å². The fraction of sp³-hybridized carbons (Fsp3) is 0.394. The van der Waals surface area contributed by atoms with Gasteiger partial charge < -0.3 is 40.9 Å². The van der Waals surface area contributed by atoms with E-state index in [4.69, 9.17) is 40.2 Å². The summed E-state index contributed by atoms with van der Waals surface area (Å²) in [4.78, 5) is 52.9. The third-order valence-electron chi connectivity index (χ3n) is 7.61. The number of likely N-dealkylation sites (tertiary alicyclic amines) is 1. The molecule has 314 valence electrons. The Kier molecular flexibility index (Phi) is 16.8. The van der Waals surface area contributed by atoms with Crippen molar-refractivity contribution in [2.75, 3.05) is 55.8 Å². The number of likely N-dealkylation sites (N-methyl/N-ethyl adjacent to an activating group) is 1. The maximum atomic E-state index is 13.7. The first-order valence-corrected chi connectivity index (χ1v) is 16.1. The highest BCUT2D eigenvalue weighted by molar-refractivity contribution is 5.97. The van der Waals surface area contributed by atoms with Gasteiger partial charge in [0.1, 0.15) is 18.2 Å². The zero-order valence-electron chi connectivity index (χ0n) is 29.4. The summed E-state index contributed by atoms with van der Waals surface area (Å²) in [6.07, 6.45) is -10.7. The molecule has 6 N–H and O–H groups in total. The standard InChI is InChI=1S/C27H31FN6O2.3C2HF3O2/c1-33(12-13-34-10-2-3-11-34)24-16-18(22-8-9-30-27(29)32-22)4-6-23(24)31-26(35)20-14-19-15-21(28)5-7-25(19)36-17-20;3*3-2(4,5)1(6)7/h4-9,15-16,20H,2-3,10-14,17H2,1H3,(H,31,35)(H2,29,30,32);3*(H,6,7). The van der Waals surface area contributed by atoms with Gasteiger partial charge in [-0.15, -0.1) is 0 Å². The van der Waals surface area contributed by atoms with E-state index in [9.17, 15) is 48.7 Å². The number of aromatic nitrogens is 2. The molecule has 0 bridgehead atoms. The van der Waals surface area contributed by atoms with Crippen LogP contribution in [0.15, 0.2) is 48.7 Å². The van der Waals surface area contributed by atoms with Gasteiger partial charge in [-0.05, 0) is 74.3 Å². The lowest BCUT2D eigenvalue weighted by atomic mass is 9.95. The van der Waals surface area contributed by atoms with Gasteiger partial charge in [-0.25, -0.2) is 28.7 Å². The molecule has 0 spiro atoms. The first-order chi connectivity index (χ1) is 26.3. The van der Waals surface area contributed by atoms with E-state index in [1.54, 1.807) is 12.3 Å². The van der Waals surface area contributed by atoms with Crippen molar-refractivity contribution in [1.82, 2.24) is 14.9 Å². The number of carboxylic acids is 3. The fourth-order valence-corrected chi connectivity index (χ4v) is 4.83. The Hall–Kier alpha value is -5.94. The second-order valence-corrected chi connectivity index (χ2v) is 11.9. The lowest BCUT2D eigenvalue weighted by Gasteiger charge is -2.28. The van der Waals surface area contributed by atoms with Crippen LogP contribution < -0.4 is 20.7 Å². The van der Waals surface area contributed by atoms with E-state index in [1.807, 2.05) is 31.3 Å². The number of halogens is 10. The summed E-state index contributed by atoms with van der Waals surface area (Å²) < 4.78 is 115. The van der Waals surface area contributed by atoms with Crippen LogP contribution in [-0.4, -0.2) is 112 Å². The van der Waals surface area contributed by atoms with Gasteiger partial charge in [0, 0.05) is 31.9 Å². The number of carbonyl (C=O) groups is 4. The maximum absolute atomic E-state index is 13.7. The van der Waals surface area contributed by atoms with Crippen LogP contribution in [0.25, 0.3) is 11.3 Å². The Morgan fingerprint density at radius 3 is 1.93 bits per heavy atom. The van der Waals surface area contributed by atoms with Gasteiger partial charge in [0.15, 0.2) is 0 Å². The van der Waals surface area contributed by atoms with Gasteiger partial charge >= 0.3 is 36.4 Å². The summed E-state index contributed by atoms with van der Waals surface area (Å²) in [7, 11) is 2.03. The minimum Gasteiger partial charge on any atom is -0.492 e. The molecule has 1 amide bonds. The summed E-state index contributed by atoms with van der Waals surface area (Å²) in [5.74, 6) is -8.32. The number of ether oxygens (including phenoxy) is 1. The van der Waals surface area contributed by atoms with Gasteiger partial charge in [-0.2, -0.15) is 39.5 Å². The number of anilines is 3. The van der Waals surface area contributed by atoms with Crippen molar-refractivity contribution >= 4 is 41.1 Å². The summed E-state index contributed by atoms with van der Waals surface area (Å²) in [5.41, 5.74) is 9.71. The molecule has 2 aliphatic heterocycles. The highest BCUT2D eigenvalue weighted by Crippen LogP contribution is 2.33. The van der Waals surface area contributed by atoms with E-state index in [-0.39, 0.29) is 24.3 Å². The third kappa shape index (κ3) is 16.0. The molecule has 57 heavy (non-hydrogen) atoms. The van der Waals surface area contributed by atoms with Gasteiger partial charge in [0.2, 0.25) is 11.9 Å². The third-order valence-corrected chi connectivity index (χ3v) is 7.61. The average molecular weight is 833 g/mol. The van der Waals surface area contributed by atoms with Crippen molar-refractivity contribution in [3.8, 4) is 17.0 Å². The molecule has 0 saturated carbocycles. The Morgan fingerprint density at radius 1 is 0.877 bits per heavy atom. The minimum atomic E-state index is -5.08. The number of rotatable bonds is 7. The number of hydrogen-bond acceptors (Lipinski definition) is 10. The van der Waals surface area contributed by atoms with Crippen molar-refractivity contribution in [1.29, 1.82) is 0 Å². The van der Waals surface area contributed by atoms with Crippen molar-refractivity contribution in [3.05, 3.63) is 60.0 Å². The van der Waals surface area contributed by atoms with Crippen LogP contribution in [0.3, 0.4) is 0 Å². The van der Waals surface area contributed by atoms with Crippen molar-refractivity contribution < 1.29 is 83.1 Å². The molecular weight excluding hydrogens is 798 g/mol. The van der Waals surface area contributed by atoms with Crippen molar-refractivity contribution in [2.24, 2.45) is 5.92 Å². The molecule has 1 atom stereocenters. The van der Waals surface area contributed by atoms with Gasteiger partial charge in [-0.3, -0.25) is 4.79 Å². The van der Waals surface area contributed by atoms with Crippen LogP contribution in [0.5, 0.6) is 5.75 Å². The molecule has 0 radical (unpaired) electrons. The van der Waals surface area contributed by atoms with Crippen LogP contribution in [0.2, 0.25) is 0 Å². The number of nitrogens with two attached hydrogens (primary N) is 1. The quantitative estimate of drug-likeness (QED) is 0.187. The normalized spacial score (nSPS) is 15.1. The molecule has 14 nitrogen and oxygen atoms in total. The number of carbonyl (C=O) groups excluding carboxylic acids is 1. The predicted molar refractivity (Wildman–Crippen MR) is 180 cm³/mol. The predicted octanol–water partition coefficient (Wildman–Crippen LogP) is 5.49. The molecule has 2 aromatic carbocycles. The molecule has 24 heteroatoms. The Labute approximate surface area is 315 Å². The number of hydrogen-bond donors (Lipinski definition) is 5. The number of aliphatic carboxylic acids is 3. The SMILES string of the molecule is CN(CCN1CCCC1)c1cc(-c2ccnc(N)n2)ccc1NC(=O)C1COc2ccc(F)cc2C1.O=C(O)C(F)(F)F.O=C(O)C(F)(F)F.O=C(O)C(F)(F)F. The molecular formula is C33H34F10N6O8. The number of nitrogens with zero attached hydrogens (tertiary/aromatic N) is 4. The highest BCUT2D eigenvalue weighted by Gasteiger charge is 2.39. The molecule has 5 rings (SSSR count). The molecule has 3 heterocycles. The van der Waals surface area contributed by atoms with E-state index in [1.165, 1.54) is 25.0 Å². The van der Waals surface area contributed by atoms with E-state index in [0.29, 0.717) is 29.1 Å². The first-order valence-electron chi connectivity index (χ1n) is 16.1. The van der Waals surface area contributed by atoms with E-state index in [0.717, 1.165) is 37.4 Å². The molecule has 1 aromatic heterocycles. The maximum Gasteiger partial charge on any atom is 0.490 e. The summed E-state index contributed by atoms with van der Waals surface area (Å²) in [5, 5.41) is 24.5. The number of fused-ring (bicyclic) bond motifs is 1. The van der Waals surface area contributed by atoms with E-state index >= 15 is 0 Å². The summed E-state index contributed by atoms with van der Waals surface area (Å²) >= 11 is 0. The molecule has 0 aliphatic carbocycles. The topological polar surface area (TPSA) is 209 Å². The number of benzene rings is 2.